The van der Waals surface area contributed by atoms with Crippen molar-refractivity contribution in [3.63, 3.8) is 0 Å². The van der Waals surface area contributed by atoms with Crippen molar-refractivity contribution in [2.75, 3.05) is 0 Å². The Labute approximate surface area is 131 Å². The van der Waals surface area contributed by atoms with E-state index in [1.165, 1.54) is 16.7 Å². The molecule has 0 amide bonds. The number of fused-ring (bicyclic) bond motifs is 1. The molecule has 0 radical (unpaired) electrons. The van der Waals surface area contributed by atoms with Gasteiger partial charge in [-0.2, -0.15) is 0 Å². The summed E-state index contributed by atoms with van der Waals surface area (Å²) in [6.07, 6.45) is 0. The molecule has 22 heavy (non-hydrogen) atoms. The number of hydrogen-bond donors (Lipinski definition) is 0. The maximum Gasteiger partial charge on any atom is 0.178 e. The summed E-state index contributed by atoms with van der Waals surface area (Å²) in [4.78, 5) is 25.6. The molecule has 0 spiro atoms. The Morgan fingerprint density at radius 1 is 0.636 bits per heavy atom. The van der Waals surface area contributed by atoms with Crippen LogP contribution in [-0.2, 0) is 0 Å². The van der Waals surface area contributed by atoms with Crippen LogP contribution in [0.25, 0.3) is 0 Å². The predicted molar refractivity (Wildman–Crippen MR) is 88.0 cm³/mol. The lowest BCUT2D eigenvalue weighted by Gasteiger charge is -2.21. The Bertz CT molecular complexity index is 764. The normalized spacial score (nSPS) is 14.6. The first-order valence-electron chi connectivity index (χ1n) is 7.60. The highest BCUT2D eigenvalue weighted by molar-refractivity contribution is 6.30. The van der Waals surface area contributed by atoms with Crippen LogP contribution in [0.1, 0.15) is 60.0 Å². The van der Waals surface area contributed by atoms with Crippen LogP contribution in [-0.4, -0.2) is 11.6 Å². The quantitative estimate of drug-likeness (QED) is 0.730. The highest BCUT2D eigenvalue weighted by Gasteiger charge is 2.41. The van der Waals surface area contributed by atoms with Crippen LogP contribution in [0.15, 0.2) is 24.3 Å². The fourth-order valence-electron chi connectivity index (χ4n) is 3.57. The Hall–Kier alpha value is -2.22. The molecule has 1 aliphatic rings. The van der Waals surface area contributed by atoms with E-state index in [-0.39, 0.29) is 11.6 Å². The first-order chi connectivity index (χ1) is 10.4. The molecular formula is C20H20O2. The van der Waals surface area contributed by atoms with E-state index in [9.17, 15) is 9.59 Å². The zero-order chi connectivity index (χ0) is 16.2. The summed E-state index contributed by atoms with van der Waals surface area (Å²) in [5.41, 5.74) is 7.77. The van der Waals surface area contributed by atoms with Crippen molar-refractivity contribution in [3.05, 3.63) is 68.8 Å². The lowest BCUT2D eigenvalue weighted by atomic mass is 9.81. The van der Waals surface area contributed by atoms with E-state index in [1.54, 1.807) is 12.1 Å². The fraction of sp³-hybridized carbons (Fsp3) is 0.300. The molecule has 1 aliphatic carbocycles. The number of ketones is 2. The summed E-state index contributed by atoms with van der Waals surface area (Å²) in [5.74, 6) is -0.792. The third kappa shape index (κ3) is 1.80. The van der Waals surface area contributed by atoms with Crippen LogP contribution in [0.5, 0.6) is 0 Å². The molecule has 0 saturated heterocycles. The van der Waals surface area contributed by atoms with E-state index in [1.807, 2.05) is 26.0 Å². The van der Waals surface area contributed by atoms with Crippen molar-refractivity contribution in [2.45, 2.75) is 40.5 Å². The van der Waals surface area contributed by atoms with Crippen molar-refractivity contribution >= 4 is 11.6 Å². The SMILES string of the molecule is Cc1c(C)c(C)c(C2C(=O)c3ccccc3C2=O)c(C)c1C. The predicted octanol–water partition coefficient (Wildman–Crippen LogP) is 4.39. The van der Waals surface area contributed by atoms with Gasteiger partial charge in [-0.15, -0.1) is 0 Å². The molecule has 0 saturated carbocycles. The molecule has 0 heterocycles. The van der Waals surface area contributed by atoms with Crippen molar-refractivity contribution in [1.82, 2.24) is 0 Å². The third-order valence-corrected chi connectivity index (χ3v) is 5.33. The molecule has 112 valence electrons. The minimum absolute atomic E-state index is 0.0607. The molecule has 3 rings (SSSR count). The van der Waals surface area contributed by atoms with Crippen molar-refractivity contribution in [1.29, 1.82) is 0 Å². The van der Waals surface area contributed by atoms with Crippen molar-refractivity contribution < 1.29 is 9.59 Å². The summed E-state index contributed by atoms with van der Waals surface area (Å²) in [6.45, 7) is 10.3. The van der Waals surface area contributed by atoms with Gasteiger partial charge in [0.25, 0.3) is 0 Å². The number of hydrogen-bond acceptors (Lipinski definition) is 2. The summed E-state index contributed by atoms with van der Waals surface area (Å²) in [6, 6.07) is 7.15. The maximum absolute atomic E-state index is 12.8. The Morgan fingerprint density at radius 2 is 1.00 bits per heavy atom. The largest absolute Gasteiger partial charge is 0.293 e. The molecule has 2 aromatic rings. The molecule has 0 fully saturated rings. The highest BCUT2D eigenvalue weighted by Crippen LogP contribution is 2.39. The molecule has 0 aliphatic heterocycles. The molecule has 0 atom stereocenters. The van der Waals surface area contributed by atoms with Gasteiger partial charge in [-0.25, -0.2) is 0 Å². The van der Waals surface area contributed by atoms with Crippen LogP contribution < -0.4 is 0 Å². The lowest BCUT2D eigenvalue weighted by molar-refractivity contribution is 0.0889. The maximum atomic E-state index is 12.8. The standard InChI is InChI=1S/C20H20O2/c1-10-11(2)13(4)17(14(5)12(10)3)18-19(21)15-8-6-7-9-16(15)20(18)22/h6-9,18H,1-5H3. The van der Waals surface area contributed by atoms with E-state index in [0.717, 1.165) is 16.7 Å². The number of Topliss-reactive ketones (excluding diaryl/α,β-unsaturated/α-hetero) is 2. The van der Waals surface area contributed by atoms with E-state index >= 15 is 0 Å². The van der Waals surface area contributed by atoms with Crippen LogP contribution >= 0.6 is 0 Å². The average molecular weight is 292 g/mol. The molecule has 0 bridgehead atoms. The zero-order valence-corrected chi connectivity index (χ0v) is 13.7. The second kappa shape index (κ2) is 4.91. The minimum Gasteiger partial charge on any atom is -0.293 e. The Balaban J connectivity index is 2.27. The smallest absolute Gasteiger partial charge is 0.178 e. The monoisotopic (exact) mass is 292 g/mol. The van der Waals surface area contributed by atoms with Gasteiger partial charge in [0.1, 0.15) is 5.92 Å². The molecule has 2 heteroatoms. The molecule has 0 unspecified atom stereocenters. The van der Waals surface area contributed by atoms with Gasteiger partial charge in [-0.1, -0.05) is 24.3 Å². The summed E-state index contributed by atoms with van der Waals surface area (Å²) >= 11 is 0. The van der Waals surface area contributed by atoms with Gasteiger partial charge in [-0.3, -0.25) is 9.59 Å². The first kappa shape index (κ1) is 14.7. The van der Waals surface area contributed by atoms with Crippen LogP contribution in [0.3, 0.4) is 0 Å². The average Bonchev–Trinajstić information content (AvgIpc) is 2.77. The van der Waals surface area contributed by atoms with Gasteiger partial charge >= 0.3 is 0 Å². The number of carbonyl (C=O) groups is 2. The third-order valence-electron chi connectivity index (χ3n) is 5.33. The molecular weight excluding hydrogens is 272 g/mol. The topological polar surface area (TPSA) is 34.1 Å². The van der Waals surface area contributed by atoms with E-state index in [4.69, 9.17) is 0 Å². The van der Waals surface area contributed by atoms with Gasteiger partial charge in [0.15, 0.2) is 11.6 Å². The zero-order valence-electron chi connectivity index (χ0n) is 13.7. The van der Waals surface area contributed by atoms with Crippen molar-refractivity contribution in [3.8, 4) is 0 Å². The summed E-state index contributed by atoms with van der Waals surface area (Å²) in [7, 11) is 0. The van der Waals surface area contributed by atoms with Crippen molar-refractivity contribution in [2.24, 2.45) is 0 Å². The number of carbonyl (C=O) groups excluding carboxylic acids is 2. The minimum atomic E-state index is -0.671. The van der Waals surface area contributed by atoms with Gasteiger partial charge in [0.05, 0.1) is 0 Å². The van der Waals surface area contributed by atoms with E-state index in [2.05, 4.69) is 20.8 Å². The molecule has 0 aromatic heterocycles. The van der Waals surface area contributed by atoms with E-state index in [0.29, 0.717) is 11.1 Å². The van der Waals surface area contributed by atoms with Gasteiger partial charge in [0.2, 0.25) is 0 Å². The molecule has 2 aromatic carbocycles. The second-order valence-electron chi connectivity index (χ2n) is 6.25. The van der Waals surface area contributed by atoms with Gasteiger partial charge < -0.3 is 0 Å². The molecule has 0 N–H and O–H groups in total. The second-order valence-corrected chi connectivity index (χ2v) is 6.25. The van der Waals surface area contributed by atoms with Crippen LogP contribution in [0.2, 0.25) is 0 Å². The van der Waals surface area contributed by atoms with Gasteiger partial charge in [-0.05, 0) is 68.0 Å². The Kier molecular flexibility index (Phi) is 3.28. The van der Waals surface area contributed by atoms with E-state index < -0.39 is 5.92 Å². The number of rotatable bonds is 1. The molecule has 2 nitrogen and oxygen atoms in total. The number of benzene rings is 2. The van der Waals surface area contributed by atoms with Crippen LogP contribution in [0, 0.1) is 34.6 Å². The Morgan fingerprint density at radius 3 is 1.41 bits per heavy atom. The highest BCUT2D eigenvalue weighted by atomic mass is 16.2. The first-order valence-corrected chi connectivity index (χ1v) is 7.60. The summed E-state index contributed by atoms with van der Waals surface area (Å²) in [5, 5.41) is 0. The van der Waals surface area contributed by atoms with Crippen LogP contribution in [0.4, 0.5) is 0 Å². The fourth-order valence-corrected chi connectivity index (χ4v) is 3.57. The van der Waals surface area contributed by atoms with Gasteiger partial charge in [0, 0.05) is 11.1 Å². The summed E-state index contributed by atoms with van der Waals surface area (Å²) < 4.78 is 0. The lowest BCUT2D eigenvalue weighted by Crippen LogP contribution is -2.17.